The number of allylic oxidation sites excluding steroid dienone is 8. The third kappa shape index (κ3) is 4.32. The molecule has 0 saturated carbocycles. The molecule has 220 valence electrons. The van der Waals surface area contributed by atoms with Crippen LogP contribution in [0, 0.1) is 131 Å². The van der Waals surface area contributed by atoms with Gasteiger partial charge in [-0.05, 0) is 24.3 Å². The molecule has 0 aliphatic heterocycles. The average Bonchev–Trinajstić information content (AvgIpc) is 3.62. The zero-order valence-electron chi connectivity index (χ0n) is 23.9. The normalized spacial score (nSPS) is 11.9. The molecule has 49 heavy (non-hydrogen) atoms. The highest BCUT2D eigenvalue weighted by Gasteiger charge is 2.44. The van der Waals surface area contributed by atoms with E-state index in [0.29, 0.717) is 12.1 Å². The molecule has 3 aromatic rings. The maximum absolute atomic E-state index is 15.6. The maximum atomic E-state index is 15.6. The molecule has 5 rings (SSSR count). The van der Waals surface area contributed by atoms with Crippen LogP contribution in [0.5, 0.6) is 0 Å². The molecule has 1 heterocycles. The lowest BCUT2D eigenvalue weighted by atomic mass is 9.82. The van der Waals surface area contributed by atoms with Gasteiger partial charge in [0.05, 0.1) is 27.8 Å². The number of hydrogen-bond donors (Lipinski definition) is 0. The summed E-state index contributed by atoms with van der Waals surface area (Å²) in [6.07, 6.45) is 0. The van der Waals surface area contributed by atoms with E-state index in [1.54, 1.807) is 36.4 Å². The molecule has 0 fully saturated rings. The van der Waals surface area contributed by atoms with Gasteiger partial charge >= 0.3 is 0 Å². The molecule has 0 N–H and O–H groups in total. The minimum Gasteiger partial charge on any atom is -0.208 e. The van der Waals surface area contributed by atoms with E-state index in [-0.39, 0.29) is 11.1 Å². The van der Waals surface area contributed by atoms with Gasteiger partial charge in [-0.25, -0.2) is 13.8 Å². The number of hydrogen-bond acceptors (Lipinski definition) is 11. The van der Waals surface area contributed by atoms with Crippen molar-refractivity contribution in [1.29, 1.82) is 52.6 Å². The van der Waals surface area contributed by atoms with Gasteiger partial charge in [-0.15, -0.1) is 0 Å². The van der Waals surface area contributed by atoms with Gasteiger partial charge < -0.3 is 0 Å². The van der Waals surface area contributed by atoms with Gasteiger partial charge in [0.15, 0.2) is 5.69 Å². The predicted molar refractivity (Wildman–Crippen MR) is 157 cm³/mol. The van der Waals surface area contributed by atoms with Crippen molar-refractivity contribution >= 4 is 33.4 Å². The van der Waals surface area contributed by atoms with Gasteiger partial charge in [-0.2, -0.15) is 57.0 Å². The number of fused-ring (bicyclic) bond motifs is 2. The molecule has 0 unspecified atom stereocenters. The number of rotatable bonds is 2. The summed E-state index contributed by atoms with van der Waals surface area (Å²) in [5.41, 5.74) is -10.1. The first-order chi connectivity index (χ1) is 23.7. The summed E-state index contributed by atoms with van der Waals surface area (Å²) >= 11 is 0. The number of halogens is 3. The van der Waals surface area contributed by atoms with E-state index in [4.69, 9.17) is 0 Å². The molecule has 14 heteroatoms. The fourth-order valence-corrected chi connectivity index (χ4v) is 5.81. The SMILES string of the molecule is N#CC(C#N)=C1C(c2cc(F)c(C#N)cc2F)=C(C#N)c2c(C#N)c3c(c(C#N)c21)C(C#N)=C(c1ccc(F)nc1C#N)C3=C(C#N)C#N. The lowest BCUT2D eigenvalue weighted by molar-refractivity contribution is 0.582. The zero-order valence-corrected chi connectivity index (χ0v) is 23.9. The lowest BCUT2D eigenvalue weighted by Gasteiger charge is -2.16. The minimum absolute atomic E-state index is 0.278. The third-order valence-corrected chi connectivity index (χ3v) is 7.58. The topological polar surface area (TPSA) is 251 Å². The zero-order chi connectivity index (χ0) is 35.7. The molecule has 0 amide bonds. The summed E-state index contributed by atoms with van der Waals surface area (Å²) in [6, 6.07) is 19.6. The van der Waals surface area contributed by atoms with Crippen molar-refractivity contribution in [2.24, 2.45) is 0 Å². The van der Waals surface area contributed by atoms with Gasteiger partial charge in [0.1, 0.15) is 83.5 Å². The van der Waals surface area contributed by atoms with Gasteiger partial charge in [0.2, 0.25) is 5.95 Å². The van der Waals surface area contributed by atoms with Crippen molar-refractivity contribution in [3.05, 3.63) is 109 Å². The Labute approximate surface area is 273 Å². The molecule has 2 aliphatic rings. The van der Waals surface area contributed by atoms with Crippen molar-refractivity contribution in [2.75, 3.05) is 0 Å². The first-order valence-corrected chi connectivity index (χ1v) is 13.1. The molecule has 0 saturated heterocycles. The molecule has 2 aliphatic carbocycles. The fourth-order valence-electron chi connectivity index (χ4n) is 5.81. The lowest BCUT2D eigenvalue weighted by Crippen LogP contribution is -2.05. The number of nitrogens with zero attached hydrogens (tertiary/aromatic N) is 11. The van der Waals surface area contributed by atoms with Crippen molar-refractivity contribution in [3.63, 3.8) is 0 Å². The van der Waals surface area contributed by atoms with Gasteiger partial charge in [-0.3, -0.25) is 0 Å². The van der Waals surface area contributed by atoms with Crippen LogP contribution in [0.4, 0.5) is 13.2 Å². The highest BCUT2D eigenvalue weighted by Crippen LogP contribution is 2.58. The van der Waals surface area contributed by atoms with E-state index in [1.807, 2.05) is 18.2 Å². The fraction of sp³-hybridized carbons (Fsp3) is 0. The van der Waals surface area contributed by atoms with Gasteiger partial charge in [-0.1, -0.05) is 0 Å². The summed E-state index contributed by atoms with van der Waals surface area (Å²) in [5.74, 6) is -3.64. The van der Waals surface area contributed by atoms with Crippen LogP contribution in [0.25, 0.3) is 33.4 Å². The van der Waals surface area contributed by atoms with Crippen molar-refractivity contribution in [2.45, 2.75) is 0 Å². The van der Waals surface area contributed by atoms with Crippen LogP contribution in [0.1, 0.15) is 55.8 Å². The summed E-state index contributed by atoms with van der Waals surface area (Å²) in [4.78, 5) is 3.51. The Balaban J connectivity index is 2.14. The van der Waals surface area contributed by atoms with Gasteiger partial charge in [0, 0.05) is 55.7 Å². The van der Waals surface area contributed by atoms with E-state index in [9.17, 15) is 61.4 Å². The second kappa shape index (κ2) is 12.0. The Kier molecular flexibility index (Phi) is 7.73. The molecule has 1 aromatic heterocycles. The van der Waals surface area contributed by atoms with Crippen LogP contribution in [0.2, 0.25) is 0 Å². The smallest absolute Gasteiger partial charge is 0.208 e. The Hall–Kier alpha value is -8.76. The maximum Gasteiger partial charge on any atom is 0.214 e. The molecule has 0 atom stereocenters. The highest BCUT2D eigenvalue weighted by molar-refractivity contribution is 6.32. The first kappa shape index (κ1) is 31.7. The molecular weight excluding hydrogens is 631 g/mol. The predicted octanol–water partition coefficient (Wildman–Crippen LogP) is 5.48. The summed E-state index contributed by atoms with van der Waals surface area (Å²) in [6.45, 7) is 0. The number of benzene rings is 2. The Morgan fingerprint density at radius 2 is 1.00 bits per heavy atom. The molecular formula is C35H4F3N11. The first-order valence-electron chi connectivity index (χ1n) is 13.1. The number of pyridine rings is 1. The highest BCUT2D eigenvalue weighted by atomic mass is 19.1. The van der Waals surface area contributed by atoms with Gasteiger partial charge in [0.25, 0.3) is 0 Å². The summed E-state index contributed by atoms with van der Waals surface area (Å²) in [7, 11) is 0. The van der Waals surface area contributed by atoms with E-state index in [1.165, 1.54) is 6.07 Å². The molecule has 0 bridgehead atoms. The van der Waals surface area contributed by atoms with Crippen molar-refractivity contribution in [1.82, 2.24) is 4.98 Å². The van der Waals surface area contributed by atoms with E-state index >= 15 is 4.39 Å². The number of aromatic nitrogens is 1. The standard InChI is InChI=1S/C35H4F3N11/c36-24-4-19(25(37)3-15(24)5-39)31-21(11-45)33-23(13-47)34-28(16(6-40)7-41)30(18-1-2-27(38)49-26(18)14-48)20(10-44)32(34)22(12-46)35(33)29(31)17(8-42)9-43/h1-4H. The second-order valence-corrected chi connectivity index (χ2v) is 9.71. The van der Waals surface area contributed by atoms with E-state index < -0.39 is 107 Å². The van der Waals surface area contributed by atoms with Crippen LogP contribution in [0.15, 0.2) is 35.4 Å². The van der Waals surface area contributed by atoms with Crippen LogP contribution in [-0.2, 0) is 0 Å². The Morgan fingerprint density at radius 1 is 0.510 bits per heavy atom. The molecule has 0 radical (unpaired) electrons. The molecule has 0 spiro atoms. The van der Waals surface area contributed by atoms with Crippen molar-refractivity contribution < 1.29 is 13.2 Å². The summed E-state index contributed by atoms with van der Waals surface area (Å²) < 4.78 is 44.6. The average molecular weight is 635 g/mol. The minimum atomic E-state index is -1.28. The molecule has 11 nitrogen and oxygen atoms in total. The van der Waals surface area contributed by atoms with E-state index in [2.05, 4.69) is 4.98 Å². The van der Waals surface area contributed by atoms with E-state index in [0.717, 1.165) is 12.1 Å². The van der Waals surface area contributed by atoms with Crippen LogP contribution < -0.4 is 0 Å². The Morgan fingerprint density at radius 3 is 1.41 bits per heavy atom. The number of nitriles is 10. The second-order valence-electron chi connectivity index (χ2n) is 9.71. The van der Waals surface area contributed by atoms with Crippen LogP contribution in [0.3, 0.4) is 0 Å². The van der Waals surface area contributed by atoms with Crippen LogP contribution >= 0.6 is 0 Å². The molecule has 2 aromatic carbocycles. The monoisotopic (exact) mass is 635 g/mol. The van der Waals surface area contributed by atoms with Crippen LogP contribution in [-0.4, -0.2) is 4.98 Å². The third-order valence-electron chi connectivity index (χ3n) is 7.58. The summed E-state index contributed by atoms with van der Waals surface area (Å²) in [5, 5.41) is 101. The largest absolute Gasteiger partial charge is 0.214 e. The Bertz CT molecular complexity index is 2710. The van der Waals surface area contributed by atoms with Crippen molar-refractivity contribution in [3.8, 4) is 60.7 Å². The quantitative estimate of drug-likeness (QED) is 0.251.